The van der Waals surface area contributed by atoms with Gasteiger partial charge in [-0.3, -0.25) is 0 Å². The van der Waals surface area contributed by atoms with Crippen molar-refractivity contribution in [3.8, 4) is 22.3 Å². The molecule has 0 bridgehead atoms. The van der Waals surface area contributed by atoms with Gasteiger partial charge < -0.3 is 4.42 Å². The van der Waals surface area contributed by atoms with Gasteiger partial charge in [-0.15, -0.1) is 11.8 Å². The predicted molar refractivity (Wildman–Crippen MR) is 92.6 cm³/mol. The van der Waals surface area contributed by atoms with Crippen LogP contribution in [0.3, 0.4) is 0 Å². The highest BCUT2D eigenvalue weighted by Gasteiger charge is 2.19. The van der Waals surface area contributed by atoms with Crippen molar-refractivity contribution in [1.82, 2.24) is 0 Å². The molecule has 3 rings (SSSR count). The summed E-state index contributed by atoms with van der Waals surface area (Å²) in [6, 6.07) is 17.6. The van der Waals surface area contributed by atoms with Gasteiger partial charge in [0.1, 0.15) is 0 Å². The Morgan fingerprint density at radius 1 is 0.958 bits per heavy atom. The Labute approximate surface area is 142 Å². The second-order valence-electron chi connectivity index (χ2n) is 5.12. The number of halogens is 2. The van der Waals surface area contributed by atoms with Crippen molar-refractivity contribution in [2.45, 2.75) is 11.3 Å². The summed E-state index contributed by atoms with van der Waals surface area (Å²) in [5.41, 5.74) is 1.30. The minimum absolute atomic E-state index is 0.289. The molecule has 0 saturated carbocycles. The van der Waals surface area contributed by atoms with Gasteiger partial charge in [-0.05, 0) is 35.6 Å². The van der Waals surface area contributed by atoms with Crippen molar-refractivity contribution in [2.75, 3.05) is 6.26 Å². The van der Waals surface area contributed by atoms with Crippen molar-refractivity contribution >= 4 is 11.8 Å². The first-order chi connectivity index (χ1) is 11.6. The summed E-state index contributed by atoms with van der Waals surface area (Å²) in [4.78, 5) is 13.4. The van der Waals surface area contributed by atoms with E-state index in [0.29, 0.717) is 16.7 Å². The van der Waals surface area contributed by atoms with Crippen LogP contribution in [-0.4, -0.2) is 6.26 Å². The van der Waals surface area contributed by atoms with E-state index in [1.807, 2.05) is 36.6 Å². The monoisotopic (exact) mass is 344 g/mol. The molecular weight excluding hydrogens is 330 g/mol. The van der Waals surface area contributed by atoms with E-state index in [1.54, 1.807) is 36.0 Å². The molecule has 2 nitrogen and oxygen atoms in total. The fourth-order valence-corrected chi connectivity index (χ4v) is 2.90. The molecule has 122 valence electrons. The van der Waals surface area contributed by atoms with Crippen molar-refractivity contribution in [1.29, 1.82) is 0 Å². The number of alkyl halides is 2. The highest BCUT2D eigenvalue weighted by atomic mass is 32.2. The summed E-state index contributed by atoms with van der Waals surface area (Å²) in [7, 11) is 0. The largest absolute Gasteiger partial charge is 0.421 e. The molecule has 3 aromatic rings. The maximum Gasteiger partial charge on any atom is 0.344 e. The molecule has 1 aromatic heterocycles. The lowest BCUT2D eigenvalue weighted by molar-refractivity contribution is 0.117. The first kappa shape index (κ1) is 16.5. The van der Waals surface area contributed by atoms with Gasteiger partial charge in [0.25, 0.3) is 6.43 Å². The first-order valence-electron chi connectivity index (χ1n) is 7.26. The van der Waals surface area contributed by atoms with Gasteiger partial charge in [0.05, 0.1) is 5.56 Å². The summed E-state index contributed by atoms with van der Waals surface area (Å²) >= 11 is 1.58. The minimum atomic E-state index is -2.84. The van der Waals surface area contributed by atoms with E-state index >= 15 is 0 Å². The van der Waals surface area contributed by atoms with Crippen LogP contribution in [-0.2, 0) is 0 Å². The molecule has 0 aliphatic heterocycles. The van der Waals surface area contributed by atoms with Crippen LogP contribution >= 0.6 is 11.8 Å². The van der Waals surface area contributed by atoms with E-state index in [9.17, 15) is 13.6 Å². The van der Waals surface area contributed by atoms with Gasteiger partial charge in [0.15, 0.2) is 5.76 Å². The Hall–Kier alpha value is -2.40. The van der Waals surface area contributed by atoms with Crippen molar-refractivity contribution in [3.63, 3.8) is 0 Å². The third-order valence-electron chi connectivity index (χ3n) is 3.65. The maximum absolute atomic E-state index is 13.1. The quantitative estimate of drug-likeness (QED) is 0.574. The first-order valence-corrected chi connectivity index (χ1v) is 8.48. The van der Waals surface area contributed by atoms with Crippen molar-refractivity contribution < 1.29 is 13.2 Å². The Bertz CT molecular complexity index is 887. The third-order valence-corrected chi connectivity index (χ3v) is 4.39. The molecule has 0 N–H and O–H groups in total. The number of hydrogen-bond acceptors (Lipinski definition) is 3. The molecule has 24 heavy (non-hydrogen) atoms. The van der Waals surface area contributed by atoms with E-state index in [-0.39, 0.29) is 5.56 Å². The number of hydrogen-bond donors (Lipinski definition) is 0. The molecule has 2 aromatic carbocycles. The smallest absolute Gasteiger partial charge is 0.344 e. The Balaban J connectivity index is 2.26. The normalized spacial score (nSPS) is 11.0. The highest BCUT2D eigenvalue weighted by molar-refractivity contribution is 7.98. The molecule has 0 saturated heterocycles. The zero-order chi connectivity index (χ0) is 17.1. The van der Waals surface area contributed by atoms with Gasteiger partial charge in [-0.2, -0.15) is 0 Å². The average Bonchev–Trinajstić information content (AvgIpc) is 2.61. The number of thioether (sulfide) groups is 1. The van der Waals surface area contributed by atoms with Crippen molar-refractivity contribution in [2.24, 2.45) is 0 Å². The van der Waals surface area contributed by atoms with Crippen LogP contribution in [0.1, 0.15) is 12.2 Å². The second-order valence-corrected chi connectivity index (χ2v) is 6.00. The molecule has 0 atom stereocenters. The van der Waals surface area contributed by atoms with E-state index in [0.717, 1.165) is 4.90 Å². The van der Waals surface area contributed by atoms with Crippen LogP contribution < -0.4 is 5.63 Å². The summed E-state index contributed by atoms with van der Waals surface area (Å²) in [5, 5.41) is 0. The van der Waals surface area contributed by atoms with Crippen molar-refractivity contribution in [3.05, 3.63) is 76.8 Å². The Morgan fingerprint density at radius 2 is 1.62 bits per heavy atom. The molecule has 0 spiro atoms. The Morgan fingerprint density at radius 3 is 2.21 bits per heavy atom. The van der Waals surface area contributed by atoms with Gasteiger partial charge in [0, 0.05) is 10.5 Å². The van der Waals surface area contributed by atoms with E-state index in [2.05, 4.69) is 0 Å². The Kier molecular flexibility index (Phi) is 4.81. The molecule has 0 radical (unpaired) electrons. The summed E-state index contributed by atoms with van der Waals surface area (Å²) < 4.78 is 30.9. The lowest BCUT2D eigenvalue weighted by atomic mass is 9.96. The molecule has 0 amide bonds. The van der Waals surface area contributed by atoms with E-state index in [4.69, 9.17) is 4.42 Å². The van der Waals surface area contributed by atoms with Gasteiger partial charge in [0.2, 0.25) is 0 Å². The van der Waals surface area contributed by atoms with Crippen LogP contribution in [0.2, 0.25) is 0 Å². The lowest BCUT2D eigenvalue weighted by Gasteiger charge is -2.11. The second kappa shape index (κ2) is 7.01. The molecule has 0 unspecified atom stereocenters. The lowest BCUT2D eigenvalue weighted by Crippen LogP contribution is -2.07. The average molecular weight is 344 g/mol. The van der Waals surface area contributed by atoms with Crippen LogP contribution in [0.4, 0.5) is 8.78 Å². The summed E-state index contributed by atoms with van der Waals surface area (Å²) in [5.74, 6) is -0.622. The molecule has 0 fully saturated rings. The van der Waals surface area contributed by atoms with Crippen LogP contribution in [0.25, 0.3) is 22.3 Å². The van der Waals surface area contributed by atoms with E-state index < -0.39 is 17.8 Å². The van der Waals surface area contributed by atoms with Crippen LogP contribution in [0, 0.1) is 0 Å². The van der Waals surface area contributed by atoms with E-state index in [1.165, 1.54) is 6.07 Å². The number of benzene rings is 2. The predicted octanol–water partition coefficient (Wildman–Crippen LogP) is 5.63. The highest BCUT2D eigenvalue weighted by Crippen LogP contribution is 2.33. The fraction of sp³-hybridized carbons (Fsp3) is 0.105. The summed E-state index contributed by atoms with van der Waals surface area (Å²) in [6.07, 6.45) is -0.886. The van der Waals surface area contributed by atoms with Crippen LogP contribution in [0.5, 0.6) is 0 Å². The fourth-order valence-electron chi connectivity index (χ4n) is 2.50. The SMILES string of the molecule is CSc1ccc(-c2cc(C(F)F)oc(=O)c2-c2ccccc2)cc1. The molecule has 0 aliphatic rings. The van der Waals surface area contributed by atoms with Gasteiger partial charge in [-0.1, -0.05) is 42.5 Å². The molecular formula is C19H14F2O2S. The molecule has 0 aliphatic carbocycles. The molecule has 1 heterocycles. The van der Waals surface area contributed by atoms with Gasteiger partial charge in [-0.25, -0.2) is 13.6 Å². The third kappa shape index (κ3) is 3.26. The zero-order valence-electron chi connectivity index (χ0n) is 12.8. The molecule has 5 heteroatoms. The maximum atomic E-state index is 13.1. The summed E-state index contributed by atoms with van der Waals surface area (Å²) in [6.45, 7) is 0. The van der Waals surface area contributed by atoms with Crippen LogP contribution in [0.15, 0.2) is 74.8 Å². The minimum Gasteiger partial charge on any atom is -0.421 e. The van der Waals surface area contributed by atoms with Gasteiger partial charge >= 0.3 is 5.63 Å². The topological polar surface area (TPSA) is 30.2 Å². The number of rotatable bonds is 4. The standard InChI is InChI=1S/C19H14F2O2S/c1-24-14-9-7-12(8-10-14)15-11-16(18(20)21)23-19(22)17(15)13-5-3-2-4-6-13/h2-11,18H,1H3. The zero-order valence-corrected chi connectivity index (χ0v) is 13.6.